The molecule has 1 aliphatic rings. The zero-order valence-corrected chi connectivity index (χ0v) is 15.9. The Kier molecular flexibility index (Phi) is 3.74. The molecule has 4 aromatic rings. The minimum absolute atomic E-state index is 0.378. The second kappa shape index (κ2) is 5.94. The highest BCUT2D eigenvalue weighted by Gasteiger charge is 2.48. The Morgan fingerprint density at radius 1 is 0.778 bits per heavy atom. The van der Waals surface area contributed by atoms with E-state index in [1.165, 1.54) is 0 Å². The summed E-state index contributed by atoms with van der Waals surface area (Å²) in [4.78, 5) is 9.04. The second-order valence-electron chi connectivity index (χ2n) is 6.81. The highest BCUT2D eigenvalue weighted by Crippen LogP contribution is 2.47. The number of ether oxygens (including phenoxy) is 2. The average Bonchev–Trinajstić information content (AvgIpc) is 3.27. The molecule has 2 aromatic carbocycles. The van der Waals surface area contributed by atoms with Crippen LogP contribution in [0, 0.1) is 0 Å². The number of benzene rings is 2. The largest absolute Gasteiger partial charge is 0.438 e. The van der Waals surface area contributed by atoms with Crippen molar-refractivity contribution in [3.63, 3.8) is 0 Å². The molecule has 0 aliphatic carbocycles. The lowest BCUT2D eigenvalue weighted by Crippen LogP contribution is -2.20. The molecule has 1 aliphatic heterocycles. The second-order valence-corrected chi connectivity index (χ2v) is 7.68. The Balaban J connectivity index is 1.59. The van der Waals surface area contributed by atoms with E-state index < -0.39 is 18.0 Å². The van der Waals surface area contributed by atoms with E-state index in [4.69, 9.17) is 41.5 Å². The van der Waals surface area contributed by atoms with Crippen LogP contribution in [0.1, 0.15) is 37.8 Å². The Morgan fingerprint density at radius 2 is 1.22 bits per heavy atom. The predicted molar refractivity (Wildman–Crippen MR) is 99.8 cm³/mol. The van der Waals surface area contributed by atoms with Crippen LogP contribution in [-0.4, -0.2) is 15.8 Å². The molecule has 6 nitrogen and oxygen atoms in total. The molecule has 0 saturated carbocycles. The van der Waals surface area contributed by atoms with Gasteiger partial charge in [0.15, 0.2) is 29.2 Å². The van der Waals surface area contributed by atoms with Crippen LogP contribution < -0.4 is 0 Å². The Morgan fingerprint density at radius 3 is 1.67 bits per heavy atom. The lowest BCUT2D eigenvalue weighted by molar-refractivity contribution is -0.150. The minimum atomic E-state index is -0.855. The number of halogens is 2. The summed E-state index contributed by atoms with van der Waals surface area (Å²) in [6.07, 6.45) is -1.23. The van der Waals surface area contributed by atoms with Gasteiger partial charge in [-0.15, -0.1) is 0 Å². The summed E-state index contributed by atoms with van der Waals surface area (Å²) < 4.78 is 23.8. The van der Waals surface area contributed by atoms with E-state index in [1.807, 2.05) is 13.8 Å². The first-order valence-electron chi connectivity index (χ1n) is 8.36. The van der Waals surface area contributed by atoms with E-state index in [9.17, 15) is 0 Å². The van der Waals surface area contributed by atoms with Crippen LogP contribution in [0.4, 0.5) is 0 Å². The van der Waals surface area contributed by atoms with Gasteiger partial charge in [0.2, 0.25) is 11.8 Å². The van der Waals surface area contributed by atoms with Crippen molar-refractivity contribution >= 4 is 45.4 Å². The fraction of sp³-hybridized carbons (Fsp3) is 0.263. The van der Waals surface area contributed by atoms with Crippen molar-refractivity contribution in [1.82, 2.24) is 9.97 Å². The molecule has 0 unspecified atom stereocenters. The maximum atomic E-state index is 6.04. The number of oxazole rings is 2. The molecular weight excluding hydrogens is 391 g/mol. The van der Waals surface area contributed by atoms with Crippen LogP contribution in [0.3, 0.4) is 0 Å². The summed E-state index contributed by atoms with van der Waals surface area (Å²) in [5.41, 5.74) is 2.53. The Labute approximate surface area is 164 Å². The lowest BCUT2D eigenvalue weighted by atomic mass is 10.2. The molecule has 0 bridgehead atoms. The van der Waals surface area contributed by atoms with Crippen molar-refractivity contribution in [3.8, 4) is 0 Å². The summed E-state index contributed by atoms with van der Waals surface area (Å²) >= 11 is 12.1. The molecule has 138 valence electrons. The predicted octanol–water partition coefficient (Wildman–Crippen LogP) is 5.84. The van der Waals surface area contributed by atoms with Gasteiger partial charge in [0, 0.05) is 10.0 Å². The van der Waals surface area contributed by atoms with Gasteiger partial charge in [0.1, 0.15) is 11.0 Å². The van der Waals surface area contributed by atoms with Crippen LogP contribution in [-0.2, 0) is 9.47 Å². The van der Waals surface area contributed by atoms with Crippen molar-refractivity contribution in [2.24, 2.45) is 0 Å². The third-order valence-corrected chi connectivity index (χ3v) is 4.79. The zero-order valence-electron chi connectivity index (χ0n) is 14.4. The number of hydrogen-bond acceptors (Lipinski definition) is 6. The summed E-state index contributed by atoms with van der Waals surface area (Å²) in [7, 11) is 0. The molecule has 1 fully saturated rings. The van der Waals surface area contributed by atoms with Gasteiger partial charge in [-0.3, -0.25) is 0 Å². The number of fused-ring (bicyclic) bond motifs is 2. The number of hydrogen-bond donors (Lipinski definition) is 0. The highest BCUT2D eigenvalue weighted by molar-refractivity contribution is 6.31. The normalized spacial score (nSPS) is 22.1. The fourth-order valence-electron chi connectivity index (χ4n) is 3.20. The van der Waals surface area contributed by atoms with Crippen molar-refractivity contribution in [2.45, 2.75) is 31.8 Å². The summed E-state index contributed by atoms with van der Waals surface area (Å²) in [5.74, 6) is -0.0994. The maximum absolute atomic E-state index is 6.04. The van der Waals surface area contributed by atoms with E-state index in [0.717, 1.165) is 0 Å². The van der Waals surface area contributed by atoms with Gasteiger partial charge >= 0.3 is 0 Å². The molecule has 0 N–H and O–H groups in total. The zero-order chi connectivity index (χ0) is 18.8. The molecule has 8 heteroatoms. The summed E-state index contributed by atoms with van der Waals surface area (Å²) in [6.45, 7) is 3.64. The van der Waals surface area contributed by atoms with E-state index in [0.29, 0.717) is 44.0 Å². The van der Waals surface area contributed by atoms with Gasteiger partial charge in [-0.05, 0) is 50.2 Å². The molecule has 2 aromatic heterocycles. The van der Waals surface area contributed by atoms with Crippen LogP contribution in [0.2, 0.25) is 10.0 Å². The molecule has 27 heavy (non-hydrogen) atoms. The van der Waals surface area contributed by atoms with E-state index in [1.54, 1.807) is 36.4 Å². The minimum Gasteiger partial charge on any atom is -0.438 e. The molecule has 0 amide bonds. The Bertz CT molecular complexity index is 1080. The van der Waals surface area contributed by atoms with Gasteiger partial charge in [-0.25, -0.2) is 9.97 Å². The first kappa shape index (κ1) is 17.0. The van der Waals surface area contributed by atoms with E-state index in [-0.39, 0.29) is 0 Å². The number of aromatic nitrogens is 2. The SMILES string of the molecule is CC1(C)O[C@H](c2nc3cc(Cl)ccc3o2)[C@@H](c2nc3cc(Cl)ccc3o2)O1. The maximum Gasteiger partial charge on any atom is 0.228 e. The first-order valence-corrected chi connectivity index (χ1v) is 9.11. The molecule has 2 atom stereocenters. The number of rotatable bonds is 2. The quantitative estimate of drug-likeness (QED) is 0.417. The van der Waals surface area contributed by atoms with Crippen molar-refractivity contribution < 1.29 is 18.3 Å². The molecule has 0 spiro atoms. The van der Waals surface area contributed by atoms with Gasteiger partial charge in [0.05, 0.1) is 0 Å². The monoisotopic (exact) mass is 404 g/mol. The third kappa shape index (κ3) is 2.99. The van der Waals surface area contributed by atoms with E-state index in [2.05, 4.69) is 9.97 Å². The third-order valence-electron chi connectivity index (χ3n) is 4.32. The molecular formula is C19H14Cl2N2O4. The smallest absolute Gasteiger partial charge is 0.228 e. The fourth-order valence-corrected chi connectivity index (χ4v) is 3.54. The van der Waals surface area contributed by atoms with Crippen molar-refractivity contribution in [2.75, 3.05) is 0 Å². The van der Waals surface area contributed by atoms with Crippen molar-refractivity contribution in [3.05, 3.63) is 58.2 Å². The van der Waals surface area contributed by atoms with Crippen LogP contribution in [0.25, 0.3) is 22.2 Å². The molecule has 0 radical (unpaired) electrons. The topological polar surface area (TPSA) is 70.5 Å². The van der Waals surface area contributed by atoms with Crippen LogP contribution in [0.5, 0.6) is 0 Å². The Hall–Kier alpha value is -2.12. The molecule has 5 rings (SSSR count). The van der Waals surface area contributed by atoms with Crippen LogP contribution >= 0.6 is 23.2 Å². The van der Waals surface area contributed by atoms with Gasteiger partial charge < -0.3 is 18.3 Å². The average molecular weight is 405 g/mol. The standard InChI is InChI=1S/C19H14Cl2N2O4/c1-19(2)26-15(17-22-11-7-9(20)3-5-13(11)24-17)16(27-19)18-23-12-8-10(21)4-6-14(12)25-18/h3-8,15-16H,1-2H3/t15-,16-/m0/s1. The van der Waals surface area contributed by atoms with Crippen LogP contribution in [0.15, 0.2) is 45.2 Å². The van der Waals surface area contributed by atoms with Gasteiger partial charge in [-0.1, -0.05) is 23.2 Å². The lowest BCUT2D eigenvalue weighted by Gasteiger charge is -2.15. The first-order chi connectivity index (χ1) is 12.9. The molecule has 1 saturated heterocycles. The van der Waals surface area contributed by atoms with Gasteiger partial charge in [0.25, 0.3) is 0 Å². The summed E-state index contributed by atoms with van der Waals surface area (Å²) in [6, 6.07) is 10.5. The van der Waals surface area contributed by atoms with Gasteiger partial charge in [-0.2, -0.15) is 0 Å². The highest BCUT2D eigenvalue weighted by atomic mass is 35.5. The summed E-state index contributed by atoms with van der Waals surface area (Å²) in [5, 5.41) is 1.16. The number of nitrogens with zero attached hydrogens (tertiary/aromatic N) is 2. The van der Waals surface area contributed by atoms with E-state index >= 15 is 0 Å². The molecule has 3 heterocycles. The van der Waals surface area contributed by atoms with Crippen molar-refractivity contribution in [1.29, 1.82) is 0 Å².